The Kier molecular flexibility index (Phi) is 6.01. The molecule has 2 fully saturated rings. The van der Waals surface area contributed by atoms with Crippen molar-refractivity contribution in [3.8, 4) is 0 Å². The van der Waals surface area contributed by atoms with Crippen LogP contribution >= 0.6 is 0 Å². The van der Waals surface area contributed by atoms with Crippen molar-refractivity contribution in [2.24, 2.45) is 17.8 Å². The van der Waals surface area contributed by atoms with Crippen LogP contribution in [-0.2, 0) is 0 Å². The van der Waals surface area contributed by atoms with E-state index in [1.807, 2.05) is 0 Å². The fraction of sp³-hybridized carbons (Fsp3) is 1.00. The fourth-order valence-electron chi connectivity index (χ4n) is 4.11. The van der Waals surface area contributed by atoms with Gasteiger partial charge in [0.05, 0.1) is 0 Å². The van der Waals surface area contributed by atoms with Crippen molar-refractivity contribution < 1.29 is 0 Å². The topological polar surface area (TPSA) is 12.0 Å². The van der Waals surface area contributed by atoms with Gasteiger partial charge >= 0.3 is 0 Å². The summed E-state index contributed by atoms with van der Waals surface area (Å²) in [6.45, 7) is 5.84. The molecule has 2 aliphatic carbocycles. The summed E-state index contributed by atoms with van der Waals surface area (Å²) >= 11 is 0. The van der Waals surface area contributed by atoms with E-state index in [9.17, 15) is 0 Å². The normalized spacial score (nSPS) is 24.8. The molecule has 0 aromatic heterocycles. The van der Waals surface area contributed by atoms with Crippen molar-refractivity contribution in [1.82, 2.24) is 5.32 Å². The highest BCUT2D eigenvalue weighted by atomic mass is 14.9. The fourth-order valence-corrected chi connectivity index (χ4v) is 4.11. The lowest BCUT2D eigenvalue weighted by Crippen LogP contribution is -2.33. The lowest BCUT2D eigenvalue weighted by atomic mass is 9.78. The van der Waals surface area contributed by atoms with E-state index in [1.54, 1.807) is 0 Å². The highest BCUT2D eigenvalue weighted by Crippen LogP contribution is 2.37. The molecule has 2 saturated carbocycles. The molecule has 0 aromatic carbocycles. The van der Waals surface area contributed by atoms with E-state index in [1.165, 1.54) is 70.8 Å². The predicted molar refractivity (Wildman–Crippen MR) is 79.8 cm³/mol. The molecular formula is C17H33N. The molecule has 0 bridgehead atoms. The zero-order valence-corrected chi connectivity index (χ0v) is 12.6. The van der Waals surface area contributed by atoms with Crippen molar-refractivity contribution in [2.75, 3.05) is 6.54 Å². The summed E-state index contributed by atoms with van der Waals surface area (Å²) in [7, 11) is 0. The Balaban J connectivity index is 1.81. The lowest BCUT2D eigenvalue weighted by Gasteiger charge is -2.31. The highest BCUT2D eigenvalue weighted by molar-refractivity contribution is 4.80. The van der Waals surface area contributed by atoms with Crippen LogP contribution in [-0.4, -0.2) is 12.6 Å². The Bertz CT molecular complexity index is 212. The maximum atomic E-state index is 3.71. The van der Waals surface area contributed by atoms with Gasteiger partial charge in [-0.25, -0.2) is 0 Å². The first kappa shape index (κ1) is 14.4. The van der Waals surface area contributed by atoms with E-state index < -0.39 is 0 Å². The summed E-state index contributed by atoms with van der Waals surface area (Å²) in [5, 5.41) is 3.71. The third-order valence-electron chi connectivity index (χ3n) is 5.22. The van der Waals surface area contributed by atoms with E-state index >= 15 is 0 Å². The van der Waals surface area contributed by atoms with Gasteiger partial charge in [0.2, 0.25) is 0 Å². The van der Waals surface area contributed by atoms with Gasteiger partial charge in [-0.05, 0) is 30.7 Å². The summed E-state index contributed by atoms with van der Waals surface area (Å²) in [4.78, 5) is 0. The summed E-state index contributed by atoms with van der Waals surface area (Å²) in [5.41, 5.74) is 0. The van der Waals surface area contributed by atoms with E-state index in [0.29, 0.717) is 6.04 Å². The zero-order valence-electron chi connectivity index (χ0n) is 12.6. The molecule has 0 amide bonds. The number of rotatable bonds is 6. The maximum absolute atomic E-state index is 3.71. The van der Waals surface area contributed by atoms with Gasteiger partial charge in [-0.1, -0.05) is 71.6 Å². The van der Waals surface area contributed by atoms with Crippen molar-refractivity contribution in [2.45, 2.75) is 84.1 Å². The average Bonchev–Trinajstić information content (AvgIpc) is 2.89. The Morgan fingerprint density at radius 2 is 1.50 bits per heavy atom. The van der Waals surface area contributed by atoms with Crippen LogP contribution in [0, 0.1) is 17.8 Å². The number of hydrogen-bond donors (Lipinski definition) is 1. The quantitative estimate of drug-likeness (QED) is 0.717. The Labute approximate surface area is 114 Å². The second-order valence-electron chi connectivity index (χ2n) is 7.11. The van der Waals surface area contributed by atoms with Gasteiger partial charge < -0.3 is 5.32 Å². The monoisotopic (exact) mass is 251 g/mol. The molecular weight excluding hydrogens is 218 g/mol. The molecule has 1 atom stereocenters. The zero-order chi connectivity index (χ0) is 12.8. The Morgan fingerprint density at radius 1 is 0.889 bits per heavy atom. The SMILES string of the molecule is CC(C)NCC(CC1CCCCC1)C1CCCC1. The van der Waals surface area contributed by atoms with Gasteiger partial charge in [0.25, 0.3) is 0 Å². The molecule has 1 heteroatoms. The summed E-state index contributed by atoms with van der Waals surface area (Å²) < 4.78 is 0. The second-order valence-corrected chi connectivity index (χ2v) is 7.11. The third-order valence-corrected chi connectivity index (χ3v) is 5.22. The second kappa shape index (κ2) is 7.53. The number of hydrogen-bond acceptors (Lipinski definition) is 1. The van der Waals surface area contributed by atoms with Crippen LogP contribution in [0.5, 0.6) is 0 Å². The van der Waals surface area contributed by atoms with Gasteiger partial charge in [0, 0.05) is 6.04 Å². The third kappa shape index (κ3) is 4.57. The van der Waals surface area contributed by atoms with Gasteiger partial charge in [-0.2, -0.15) is 0 Å². The molecule has 0 aromatic rings. The van der Waals surface area contributed by atoms with Crippen LogP contribution in [0.25, 0.3) is 0 Å². The summed E-state index contributed by atoms with van der Waals surface area (Å²) in [6, 6.07) is 0.653. The lowest BCUT2D eigenvalue weighted by molar-refractivity contribution is 0.222. The Morgan fingerprint density at radius 3 is 2.11 bits per heavy atom. The first-order chi connectivity index (χ1) is 8.75. The largest absolute Gasteiger partial charge is 0.314 e. The molecule has 0 heterocycles. The van der Waals surface area contributed by atoms with E-state index in [4.69, 9.17) is 0 Å². The molecule has 0 spiro atoms. The van der Waals surface area contributed by atoms with Gasteiger partial charge in [-0.3, -0.25) is 0 Å². The molecule has 0 saturated heterocycles. The van der Waals surface area contributed by atoms with Crippen molar-refractivity contribution >= 4 is 0 Å². The first-order valence-corrected chi connectivity index (χ1v) is 8.49. The molecule has 1 N–H and O–H groups in total. The van der Waals surface area contributed by atoms with E-state index in [0.717, 1.165) is 17.8 Å². The molecule has 106 valence electrons. The first-order valence-electron chi connectivity index (χ1n) is 8.49. The van der Waals surface area contributed by atoms with Crippen molar-refractivity contribution in [1.29, 1.82) is 0 Å². The average molecular weight is 251 g/mol. The standard InChI is InChI=1S/C17H33N/c1-14(2)18-13-17(16-10-6-7-11-16)12-15-8-4-3-5-9-15/h14-18H,3-13H2,1-2H3. The van der Waals surface area contributed by atoms with E-state index in [-0.39, 0.29) is 0 Å². The van der Waals surface area contributed by atoms with E-state index in [2.05, 4.69) is 19.2 Å². The smallest absolute Gasteiger partial charge is 0.00104 e. The minimum absolute atomic E-state index is 0.653. The minimum atomic E-state index is 0.653. The van der Waals surface area contributed by atoms with Crippen LogP contribution in [0.1, 0.15) is 78.1 Å². The molecule has 0 aliphatic heterocycles. The van der Waals surface area contributed by atoms with Crippen molar-refractivity contribution in [3.63, 3.8) is 0 Å². The molecule has 0 radical (unpaired) electrons. The molecule has 18 heavy (non-hydrogen) atoms. The minimum Gasteiger partial charge on any atom is -0.314 e. The van der Waals surface area contributed by atoms with Crippen LogP contribution in [0.4, 0.5) is 0 Å². The Hall–Kier alpha value is -0.0400. The number of nitrogens with one attached hydrogen (secondary N) is 1. The van der Waals surface area contributed by atoms with Gasteiger partial charge in [-0.15, -0.1) is 0 Å². The van der Waals surface area contributed by atoms with Crippen LogP contribution < -0.4 is 5.32 Å². The highest BCUT2D eigenvalue weighted by Gasteiger charge is 2.27. The predicted octanol–water partition coefficient (Wildman–Crippen LogP) is 4.76. The maximum Gasteiger partial charge on any atom is 0.00104 e. The van der Waals surface area contributed by atoms with Gasteiger partial charge in [0.15, 0.2) is 0 Å². The van der Waals surface area contributed by atoms with Gasteiger partial charge in [0.1, 0.15) is 0 Å². The van der Waals surface area contributed by atoms with Crippen molar-refractivity contribution in [3.05, 3.63) is 0 Å². The summed E-state index contributed by atoms with van der Waals surface area (Å²) in [5.74, 6) is 3.06. The van der Waals surface area contributed by atoms with Crippen LogP contribution in [0.15, 0.2) is 0 Å². The molecule has 1 unspecified atom stereocenters. The summed E-state index contributed by atoms with van der Waals surface area (Å²) in [6.07, 6.45) is 15.1. The van der Waals surface area contributed by atoms with Crippen LogP contribution in [0.3, 0.4) is 0 Å². The molecule has 2 rings (SSSR count). The van der Waals surface area contributed by atoms with Crippen LogP contribution in [0.2, 0.25) is 0 Å². The molecule has 1 nitrogen and oxygen atoms in total. The molecule has 2 aliphatic rings.